The van der Waals surface area contributed by atoms with Crippen molar-refractivity contribution in [1.29, 1.82) is 0 Å². The van der Waals surface area contributed by atoms with Gasteiger partial charge in [-0.05, 0) is 0 Å². The molecular formula is C3H4Cl2O2Ru. The molecule has 0 saturated heterocycles. The number of ether oxygens (including phenoxy) is 1. The Labute approximate surface area is 60.2 Å². The van der Waals surface area contributed by atoms with Crippen molar-refractivity contribution in [3.05, 3.63) is 0 Å². The van der Waals surface area contributed by atoms with Crippen molar-refractivity contribution in [3.63, 3.8) is 0 Å². The molecule has 5 heteroatoms. The third-order valence-corrected chi connectivity index (χ3v) is 2.06. The molecule has 0 aromatic carbocycles. The van der Waals surface area contributed by atoms with Crippen LogP contribution in [0.3, 0.4) is 0 Å². The van der Waals surface area contributed by atoms with Gasteiger partial charge in [0.2, 0.25) is 0 Å². The fourth-order valence-corrected chi connectivity index (χ4v) is 1.36. The molecule has 0 radical (unpaired) electrons. The van der Waals surface area contributed by atoms with E-state index in [0.29, 0.717) is 0 Å². The second-order valence-corrected chi connectivity index (χ2v) is 6.55. The molecular weight excluding hydrogens is 240 g/mol. The Hall–Kier alpha value is 0.543. The first-order valence-electron chi connectivity index (χ1n) is 1.58. The zero-order valence-electron chi connectivity index (χ0n) is 4.00. The van der Waals surface area contributed by atoms with E-state index < -0.39 is 19.5 Å². The summed E-state index contributed by atoms with van der Waals surface area (Å²) in [7, 11) is 11.9. The molecule has 8 heavy (non-hydrogen) atoms. The first kappa shape index (κ1) is 8.54. The summed E-state index contributed by atoms with van der Waals surface area (Å²) in [5.74, 6) is -0.450. The quantitative estimate of drug-likeness (QED) is 0.505. The van der Waals surface area contributed by atoms with E-state index >= 15 is 0 Å². The van der Waals surface area contributed by atoms with E-state index in [1.54, 1.807) is 0 Å². The van der Waals surface area contributed by atoms with Gasteiger partial charge in [0, 0.05) is 0 Å². The van der Waals surface area contributed by atoms with Gasteiger partial charge in [0.1, 0.15) is 0 Å². The molecule has 0 aliphatic carbocycles. The summed E-state index contributed by atoms with van der Waals surface area (Å²) in [6, 6.07) is 0. The van der Waals surface area contributed by atoms with Crippen LogP contribution < -0.4 is 0 Å². The molecule has 0 heterocycles. The number of hydrogen-bond acceptors (Lipinski definition) is 2. The Bertz CT molecular complexity index is 118. The van der Waals surface area contributed by atoms with Crippen LogP contribution in [0, 0.1) is 0 Å². The number of hydrogen-bond donors (Lipinski definition) is 0. The van der Waals surface area contributed by atoms with Gasteiger partial charge in [-0.3, -0.25) is 0 Å². The predicted octanol–water partition coefficient (Wildman–Crippen LogP) is 0.887. The van der Waals surface area contributed by atoms with E-state index in [0.717, 1.165) is 0 Å². The molecule has 0 fully saturated rings. The van der Waals surface area contributed by atoms with Gasteiger partial charge in [-0.1, -0.05) is 0 Å². The Morgan fingerprint density at radius 1 is 1.75 bits per heavy atom. The third-order valence-electron chi connectivity index (χ3n) is 0.362. The van der Waals surface area contributed by atoms with E-state index in [2.05, 4.69) is 4.74 Å². The SMILES string of the molecule is COC(=O)[CH]=[Ru]([Cl])[Cl]. The first-order valence-corrected chi connectivity index (χ1v) is 7.06. The molecule has 0 aromatic rings. The molecule has 2 nitrogen and oxygen atoms in total. The van der Waals surface area contributed by atoms with Gasteiger partial charge in [0.15, 0.2) is 0 Å². The summed E-state index contributed by atoms with van der Waals surface area (Å²) in [4.78, 5) is 10.2. The second-order valence-electron chi connectivity index (χ2n) is 0.830. The predicted molar refractivity (Wildman–Crippen MR) is 29.8 cm³/mol. The maximum atomic E-state index is 10.2. The van der Waals surface area contributed by atoms with E-state index in [-0.39, 0.29) is 0 Å². The van der Waals surface area contributed by atoms with Crippen LogP contribution in [0.5, 0.6) is 0 Å². The minimum atomic E-state index is -1.94. The van der Waals surface area contributed by atoms with Crippen molar-refractivity contribution in [3.8, 4) is 0 Å². The van der Waals surface area contributed by atoms with Crippen LogP contribution in [0.2, 0.25) is 0 Å². The van der Waals surface area contributed by atoms with E-state index in [1.165, 1.54) is 11.7 Å². The van der Waals surface area contributed by atoms with Crippen LogP contribution in [0.25, 0.3) is 0 Å². The molecule has 0 rings (SSSR count). The van der Waals surface area contributed by atoms with Gasteiger partial charge in [0.05, 0.1) is 0 Å². The summed E-state index contributed by atoms with van der Waals surface area (Å²) in [6.45, 7) is 0. The van der Waals surface area contributed by atoms with Crippen LogP contribution in [-0.4, -0.2) is 17.7 Å². The summed E-state index contributed by atoms with van der Waals surface area (Å²) in [5.41, 5.74) is 0. The first-order chi connectivity index (χ1) is 3.66. The number of esters is 1. The van der Waals surface area contributed by atoms with Crippen molar-refractivity contribution in [2.75, 3.05) is 7.11 Å². The molecule has 0 saturated carbocycles. The van der Waals surface area contributed by atoms with Crippen LogP contribution in [0.15, 0.2) is 0 Å². The molecule has 0 atom stereocenters. The van der Waals surface area contributed by atoms with Gasteiger partial charge in [-0.25, -0.2) is 0 Å². The number of carbonyl (C=O) groups is 1. The monoisotopic (exact) mass is 244 g/mol. The van der Waals surface area contributed by atoms with Crippen molar-refractivity contribution in [2.24, 2.45) is 0 Å². The van der Waals surface area contributed by atoms with Crippen LogP contribution in [0.1, 0.15) is 0 Å². The molecule has 0 aliphatic heterocycles. The van der Waals surface area contributed by atoms with Gasteiger partial charge >= 0.3 is 60.1 Å². The van der Waals surface area contributed by atoms with Gasteiger partial charge < -0.3 is 0 Å². The zero-order valence-corrected chi connectivity index (χ0v) is 7.25. The van der Waals surface area contributed by atoms with E-state index in [9.17, 15) is 4.79 Å². The number of carbonyl (C=O) groups excluding carboxylic acids is 1. The Kier molecular flexibility index (Phi) is 4.73. The van der Waals surface area contributed by atoms with Crippen molar-refractivity contribution >= 4 is 30.0 Å². The molecule has 50 valence electrons. The molecule has 0 spiro atoms. The Morgan fingerprint density at radius 2 is 2.25 bits per heavy atom. The standard InChI is InChI=1S/C3H4O2.2ClH.Ru/c1-3(4)5-2;;;/h1H,2H3;2*1H;/q;;;+2/p-2. The average Bonchev–Trinajstić information content (AvgIpc) is 1.65. The van der Waals surface area contributed by atoms with Crippen molar-refractivity contribution < 1.29 is 23.0 Å². The third kappa shape index (κ3) is 4.70. The summed E-state index contributed by atoms with van der Waals surface area (Å²) >= 11 is -1.94. The van der Waals surface area contributed by atoms with Gasteiger partial charge in [0.25, 0.3) is 0 Å². The van der Waals surface area contributed by atoms with Crippen LogP contribution in [-0.2, 0) is 23.0 Å². The molecule has 0 aliphatic rings. The molecule has 0 amide bonds. The maximum absolute atomic E-state index is 10.2. The van der Waals surface area contributed by atoms with E-state index in [1.807, 2.05) is 0 Å². The Morgan fingerprint density at radius 3 is 2.38 bits per heavy atom. The Balaban J connectivity index is 3.70. The summed E-state index contributed by atoms with van der Waals surface area (Å²) in [6.07, 6.45) is 0. The number of methoxy groups -OCH3 is 1. The normalized spacial score (nSPS) is 10.1. The minimum absolute atomic E-state index is 0.450. The molecule has 0 N–H and O–H groups in total. The van der Waals surface area contributed by atoms with Crippen molar-refractivity contribution in [2.45, 2.75) is 0 Å². The van der Waals surface area contributed by atoms with Crippen LogP contribution in [0.4, 0.5) is 0 Å². The average molecular weight is 244 g/mol. The number of rotatable bonds is 1. The fourth-order valence-electron chi connectivity index (χ4n) is 0.105. The summed E-state index contributed by atoms with van der Waals surface area (Å²) in [5, 5.41) is 0. The van der Waals surface area contributed by atoms with Crippen LogP contribution >= 0.6 is 19.4 Å². The molecule has 0 unspecified atom stereocenters. The fraction of sp³-hybridized carbons (Fsp3) is 0.333. The topological polar surface area (TPSA) is 26.3 Å². The van der Waals surface area contributed by atoms with Gasteiger partial charge in [-0.15, -0.1) is 0 Å². The molecule has 0 bridgehead atoms. The molecule has 0 aromatic heterocycles. The summed E-state index contributed by atoms with van der Waals surface area (Å²) < 4.78 is 5.44. The van der Waals surface area contributed by atoms with Crippen molar-refractivity contribution in [1.82, 2.24) is 0 Å². The second kappa shape index (κ2) is 4.42. The van der Waals surface area contributed by atoms with Gasteiger partial charge in [-0.2, -0.15) is 0 Å². The zero-order chi connectivity index (χ0) is 6.57. The number of halogens is 2. The van der Waals surface area contributed by atoms with E-state index in [4.69, 9.17) is 19.4 Å².